The third-order valence-corrected chi connectivity index (χ3v) is 4.14. The Kier molecular flexibility index (Phi) is 5.33. The Bertz CT molecular complexity index is 1180. The van der Waals surface area contributed by atoms with Crippen LogP contribution in [0, 0.1) is 0 Å². The van der Waals surface area contributed by atoms with Gasteiger partial charge in [-0.25, -0.2) is 4.98 Å². The van der Waals surface area contributed by atoms with Crippen LogP contribution in [0.25, 0.3) is 22.2 Å². The molecular formula is C19H18N8O3. The topological polar surface area (TPSA) is 129 Å². The number of anilines is 1. The molecule has 0 atom stereocenters. The van der Waals surface area contributed by atoms with Crippen molar-refractivity contribution in [1.29, 1.82) is 0 Å². The third-order valence-electron chi connectivity index (χ3n) is 4.14. The summed E-state index contributed by atoms with van der Waals surface area (Å²) >= 11 is 0. The maximum absolute atomic E-state index is 12.1. The van der Waals surface area contributed by atoms with Gasteiger partial charge in [0.15, 0.2) is 6.61 Å². The second-order valence-corrected chi connectivity index (χ2v) is 6.22. The molecule has 1 aromatic carbocycles. The smallest absolute Gasteiger partial charge is 0.276 e. The van der Waals surface area contributed by atoms with Crippen LogP contribution in [0.5, 0.6) is 11.5 Å². The van der Waals surface area contributed by atoms with Crippen molar-refractivity contribution in [3.05, 3.63) is 49.1 Å². The molecule has 0 spiro atoms. The minimum absolute atomic E-state index is 0.150. The van der Waals surface area contributed by atoms with Crippen molar-refractivity contribution < 1.29 is 14.3 Å². The summed E-state index contributed by atoms with van der Waals surface area (Å²) in [5.41, 5.74) is 7.15. The zero-order valence-electron chi connectivity index (χ0n) is 16.2. The molecule has 11 nitrogen and oxygen atoms in total. The van der Waals surface area contributed by atoms with Gasteiger partial charge in [-0.15, -0.1) is 10.2 Å². The molecule has 0 saturated carbocycles. The fourth-order valence-electron chi connectivity index (χ4n) is 2.68. The van der Waals surface area contributed by atoms with Crippen molar-refractivity contribution in [1.82, 2.24) is 35.4 Å². The van der Waals surface area contributed by atoms with Gasteiger partial charge in [0.05, 0.1) is 25.0 Å². The number of nitrogens with one attached hydrogen (secondary N) is 2. The summed E-state index contributed by atoms with van der Waals surface area (Å²) in [4.78, 5) is 20.5. The van der Waals surface area contributed by atoms with E-state index in [0.29, 0.717) is 22.7 Å². The van der Waals surface area contributed by atoms with E-state index in [0.717, 1.165) is 10.9 Å². The number of amides is 1. The van der Waals surface area contributed by atoms with E-state index in [9.17, 15) is 4.79 Å². The van der Waals surface area contributed by atoms with Gasteiger partial charge in [0.25, 0.3) is 11.9 Å². The second-order valence-electron chi connectivity index (χ2n) is 6.22. The molecule has 0 aliphatic carbocycles. The van der Waals surface area contributed by atoms with Gasteiger partial charge in [0.2, 0.25) is 0 Å². The minimum Gasteiger partial charge on any atom is -0.497 e. The van der Waals surface area contributed by atoms with Crippen molar-refractivity contribution in [2.24, 2.45) is 7.05 Å². The molecule has 2 N–H and O–H groups in total. The minimum atomic E-state index is -0.409. The van der Waals surface area contributed by atoms with E-state index in [2.05, 4.69) is 36.1 Å². The molecule has 4 rings (SSSR count). The summed E-state index contributed by atoms with van der Waals surface area (Å²) in [5, 5.41) is 12.8. The lowest BCUT2D eigenvalue weighted by Crippen LogP contribution is -2.34. The number of hydrogen-bond acceptors (Lipinski definition) is 9. The van der Waals surface area contributed by atoms with Crippen molar-refractivity contribution in [2.45, 2.75) is 0 Å². The summed E-state index contributed by atoms with van der Waals surface area (Å²) in [5.74, 6) is 0.972. The Labute approximate surface area is 171 Å². The first-order valence-corrected chi connectivity index (χ1v) is 8.91. The number of hydrogen-bond donors (Lipinski definition) is 2. The lowest BCUT2D eigenvalue weighted by molar-refractivity contribution is -0.122. The monoisotopic (exact) mass is 406 g/mol. The highest BCUT2D eigenvalue weighted by molar-refractivity contribution is 5.86. The van der Waals surface area contributed by atoms with Gasteiger partial charge in [0.1, 0.15) is 17.2 Å². The normalized spacial score (nSPS) is 10.6. The SMILES string of the molecule is COc1ccc2c(OCC(=O)NNc3ncc(-c4cnn(C)c4)nn3)ccnc2c1. The number of carbonyl (C=O) groups is 1. The molecule has 0 fully saturated rings. The molecule has 11 heteroatoms. The predicted octanol–water partition coefficient (Wildman–Crippen LogP) is 1.35. The van der Waals surface area contributed by atoms with Gasteiger partial charge in [0, 0.05) is 36.5 Å². The number of ether oxygens (including phenoxy) is 2. The number of benzene rings is 1. The highest BCUT2D eigenvalue weighted by atomic mass is 16.5. The average Bonchev–Trinajstić information content (AvgIpc) is 3.22. The summed E-state index contributed by atoms with van der Waals surface area (Å²) < 4.78 is 12.5. The van der Waals surface area contributed by atoms with Gasteiger partial charge in [-0.05, 0) is 18.2 Å². The van der Waals surface area contributed by atoms with Crippen LogP contribution in [0.4, 0.5) is 5.95 Å². The van der Waals surface area contributed by atoms with E-state index >= 15 is 0 Å². The highest BCUT2D eigenvalue weighted by Gasteiger charge is 2.09. The number of nitrogens with zero attached hydrogens (tertiary/aromatic N) is 6. The van der Waals surface area contributed by atoms with Crippen LogP contribution in [0.3, 0.4) is 0 Å². The summed E-state index contributed by atoms with van der Waals surface area (Å²) in [6.45, 7) is -0.209. The molecule has 4 aromatic rings. The van der Waals surface area contributed by atoms with Crippen LogP contribution < -0.4 is 20.3 Å². The Morgan fingerprint density at radius 2 is 2.07 bits per heavy atom. The second kappa shape index (κ2) is 8.39. The fourth-order valence-corrected chi connectivity index (χ4v) is 2.68. The largest absolute Gasteiger partial charge is 0.497 e. The molecular weight excluding hydrogens is 388 g/mol. The van der Waals surface area contributed by atoms with E-state index in [1.807, 2.05) is 13.1 Å². The Hall–Kier alpha value is -4.28. The Morgan fingerprint density at radius 3 is 2.80 bits per heavy atom. The van der Waals surface area contributed by atoms with Gasteiger partial charge in [-0.1, -0.05) is 0 Å². The average molecular weight is 406 g/mol. The highest BCUT2D eigenvalue weighted by Crippen LogP contribution is 2.26. The summed E-state index contributed by atoms with van der Waals surface area (Å²) in [6, 6.07) is 7.12. The number of carbonyl (C=O) groups excluding carboxylic acids is 1. The first kappa shape index (κ1) is 19.1. The Morgan fingerprint density at radius 1 is 1.17 bits per heavy atom. The molecule has 0 unspecified atom stereocenters. The first-order chi connectivity index (χ1) is 14.6. The number of aromatic nitrogens is 6. The number of aryl methyl sites for hydroxylation is 1. The lowest BCUT2D eigenvalue weighted by Gasteiger charge is -2.10. The van der Waals surface area contributed by atoms with Crippen LogP contribution >= 0.6 is 0 Å². The molecule has 0 bridgehead atoms. The third kappa shape index (κ3) is 4.24. The predicted molar refractivity (Wildman–Crippen MR) is 108 cm³/mol. The van der Waals surface area contributed by atoms with Crippen molar-refractivity contribution >= 4 is 22.8 Å². The van der Waals surface area contributed by atoms with Gasteiger partial charge < -0.3 is 9.47 Å². The quantitative estimate of drug-likeness (QED) is 0.437. The molecule has 0 aliphatic heterocycles. The summed E-state index contributed by atoms with van der Waals surface area (Å²) in [7, 11) is 3.40. The van der Waals surface area contributed by atoms with Crippen LogP contribution in [-0.4, -0.2) is 49.6 Å². The molecule has 0 aliphatic rings. The molecule has 152 valence electrons. The maximum Gasteiger partial charge on any atom is 0.276 e. The number of fused-ring (bicyclic) bond motifs is 1. The molecule has 3 heterocycles. The Balaban J connectivity index is 1.33. The van der Waals surface area contributed by atoms with E-state index in [1.165, 1.54) is 6.20 Å². The van der Waals surface area contributed by atoms with Crippen molar-refractivity contribution in [3.63, 3.8) is 0 Å². The maximum atomic E-state index is 12.1. The standard InChI is InChI=1S/C19H18N8O3/c1-27-10-12(8-22-27)16-9-21-19(25-23-16)26-24-18(28)11-30-17-5-6-20-15-7-13(29-2)3-4-14(15)17/h3-10H,11H2,1-2H3,(H,24,28)(H,21,25,26). The van der Waals surface area contributed by atoms with E-state index in [4.69, 9.17) is 9.47 Å². The number of methoxy groups -OCH3 is 1. The molecule has 30 heavy (non-hydrogen) atoms. The zero-order valence-corrected chi connectivity index (χ0v) is 16.2. The molecule has 3 aromatic heterocycles. The van der Waals surface area contributed by atoms with Crippen molar-refractivity contribution in [3.8, 4) is 22.8 Å². The van der Waals surface area contributed by atoms with Crippen LogP contribution in [-0.2, 0) is 11.8 Å². The van der Waals surface area contributed by atoms with Crippen LogP contribution in [0.15, 0.2) is 49.1 Å². The zero-order chi connectivity index (χ0) is 20.9. The fraction of sp³-hybridized carbons (Fsp3) is 0.158. The van der Waals surface area contributed by atoms with E-state index in [1.54, 1.807) is 48.6 Å². The van der Waals surface area contributed by atoms with Gasteiger partial charge in [-0.3, -0.25) is 25.3 Å². The van der Waals surface area contributed by atoms with Crippen LogP contribution in [0.1, 0.15) is 0 Å². The lowest BCUT2D eigenvalue weighted by atomic mass is 10.2. The van der Waals surface area contributed by atoms with Gasteiger partial charge >= 0.3 is 0 Å². The first-order valence-electron chi connectivity index (χ1n) is 8.91. The van der Waals surface area contributed by atoms with E-state index < -0.39 is 5.91 Å². The van der Waals surface area contributed by atoms with E-state index in [-0.39, 0.29) is 12.6 Å². The number of hydrazine groups is 1. The van der Waals surface area contributed by atoms with Crippen molar-refractivity contribution in [2.75, 3.05) is 19.1 Å². The summed E-state index contributed by atoms with van der Waals surface area (Å²) in [6.07, 6.45) is 6.61. The van der Waals surface area contributed by atoms with Gasteiger partial charge in [-0.2, -0.15) is 5.10 Å². The number of pyridine rings is 1. The van der Waals surface area contributed by atoms with Crippen LogP contribution in [0.2, 0.25) is 0 Å². The number of rotatable bonds is 7. The molecule has 0 saturated heterocycles. The molecule has 1 amide bonds. The molecule has 0 radical (unpaired) electrons.